The molecule has 0 aliphatic carbocycles. The van der Waals surface area contributed by atoms with Gasteiger partial charge in [0.2, 0.25) is 0 Å². The predicted octanol–water partition coefficient (Wildman–Crippen LogP) is 0.466. The van der Waals surface area contributed by atoms with E-state index in [1.807, 2.05) is 6.92 Å². The van der Waals surface area contributed by atoms with Crippen LogP contribution in [-0.2, 0) is 0 Å². The largest absolute Gasteiger partial charge is 0.389 e. The second-order valence-electron chi connectivity index (χ2n) is 2.66. The molecule has 0 saturated carbocycles. The van der Waals surface area contributed by atoms with Gasteiger partial charge in [-0.1, -0.05) is 12.2 Å². The first-order valence-corrected chi connectivity index (χ1v) is 4.60. The smallest absolute Gasteiger partial charge is 0.269 e. The van der Waals surface area contributed by atoms with Gasteiger partial charge in [-0.05, 0) is 19.1 Å². The van der Waals surface area contributed by atoms with E-state index in [0.717, 1.165) is 0 Å². The highest BCUT2D eigenvalue weighted by atomic mass is 32.1. The van der Waals surface area contributed by atoms with Crippen LogP contribution in [0, 0.1) is 0 Å². The Labute approximate surface area is 87.5 Å². The summed E-state index contributed by atoms with van der Waals surface area (Å²) in [5, 5.41) is 2.64. The zero-order valence-corrected chi connectivity index (χ0v) is 8.60. The fourth-order valence-electron chi connectivity index (χ4n) is 0.925. The van der Waals surface area contributed by atoms with Gasteiger partial charge >= 0.3 is 0 Å². The number of rotatable bonds is 3. The molecule has 1 aromatic rings. The Bertz CT molecular complexity index is 348. The van der Waals surface area contributed by atoms with Crippen LogP contribution in [0.25, 0.3) is 0 Å². The van der Waals surface area contributed by atoms with Crippen molar-refractivity contribution in [3.05, 3.63) is 29.6 Å². The van der Waals surface area contributed by atoms with Crippen molar-refractivity contribution < 1.29 is 4.79 Å². The molecular formula is C9H11N3OS. The van der Waals surface area contributed by atoms with E-state index in [4.69, 9.17) is 18.0 Å². The summed E-state index contributed by atoms with van der Waals surface area (Å²) >= 11 is 4.76. The summed E-state index contributed by atoms with van der Waals surface area (Å²) in [6.45, 7) is 2.43. The van der Waals surface area contributed by atoms with Crippen molar-refractivity contribution in [3.63, 3.8) is 0 Å². The van der Waals surface area contributed by atoms with Crippen LogP contribution in [0.3, 0.4) is 0 Å². The zero-order chi connectivity index (χ0) is 10.6. The average Bonchev–Trinajstić information content (AvgIpc) is 2.18. The number of aromatic nitrogens is 1. The third kappa shape index (κ3) is 2.50. The normalized spacial score (nSPS) is 9.50. The van der Waals surface area contributed by atoms with E-state index < -0.39 is 0 Å². The van der Waals surface area contributed by atoms with Gasteiger partial charge in [-0.2, -0.15) is 0 Å². The molecule has 14 heavy (non-hydrogen) atoms. The molecule has 1 amide bonds. The number of nitrogens with zero attached hydrogens (tertiary/aromatic N) is 1. The first-order chi connectivity index (χ1) is 6.65. The molecule has 0 saturated heterocycles. The molecule has 0 spiro atoms. The minimum Gasteiger partial charge on any atom is -0.389 e. The van der Waals surface area contributed by atoms with Crippen LogP contribution in [0.1, 0.15) is 23.0 Å². The highest BCUT2D eigenvalue weighted by Crippen LogP contribution is 1.99. The van der Waals surface area contributed by atoms with Crippen molar-refractivity contribution in [1.82, 2.24) is 10.3 Å². The lowest BCUT2D eigenvalue weighted by Gasteiger charge is -2.01. The number of carbonyl (C=O) groups is 1. The molecule has 74 valence electrons. The molecule has 5 heteroatoms. The van der Waals surface area contributed by atoms with Crippen LogP contribution in [0.2, 0.25) is 0 Å². The molecule has 0 bridgehead atoms. The van der Waals surface area contributed by atoms with E-state index in [9.17, 15) is 4.79 Å². The molecule has 3 N–H and O–H groups in total. The maximum atomic E-state index is 11.3. The van der Waals surface area contributed by atoms with Crippen molar-refractivity contribution in [2.75, 3.05) is 6.54 Å². The van der Waals surface area contributed by atoms with Crippen LogP contribution < -0.4 is 11.1 Å². The molecule has 1 heterocycles. The summed E-state index contributed by atoms with van der Waals surface area (Å²) in [6, 6.07) is 3.28. The monoisotopic (exact) mass is 209 g/mol. The molecule has 0 atom stereocenters. The SMILES string of the molecule is CCNC(=O)c1ccc(C(N)=S)cn1. The van der Waals surface area contributed by atoms with Crippen molar-refractivity contribution in [3.8, 4) is 0 Å². The lowest BCUT2D eigenvalue weighted by Crippen LogP contribution is -2.23. The third-order valence-corrected chi connectivity index (χ3v) is 1.85. The number of thiocarbonyl (C=S) groups is 1. The summed E-state index contributed by atoms with van der Waals surface area (Å²) in [7, 11) is 0. The Morgan fingerprint density at radius 2 is 2.36 bits per heavy atom. The summed E-state index contributed by atoms with van der Waals surface area (Å²) < 4.78 is 0. The number of hydrogen-bond acceptors (Lipinski definition) is 3. The van der Waals surface area contributed by atoms with E-state index >= 15 is 0 Å². The summed E-state index contributed by atoms with van der Waals surface area (Å²) in [5.74, 6) is -0.193. The van der Waals surface area contributed by atoms with Crippen molar-refractivity contribution >= 4 is 23.1 Å². The molecule has 0 unspecified atom stereocenters. The van der Waals surface area contributed by atoms with Crippen LogP contribution in [0.5, 0.6) is 0 Å². The van der Waals surface area contributed by atoms with Gasteiger partial charge in [-0.3, -0.25) is 9.78 Å². The van der Waals surface area contributed by atoms with Crippen LogP contribution in [0.4, 0.5) is 0 Å². The van der Waals surface area contributed by atoms with E-state index in [2.05, 4.69) is 10.3 Å². The van der Waals surface area contributed by atoms with Crippen LogP contribution >= 0.6 is 12.2 Å². The minimum atomic E-state index is -0.193. The predicted molar refractivity (Wildman–Crippen MR) is 58.1 cm³/mol. The fraction of sp³-hybridized carbons (Fsp3) is 0.222. The first-order valence-electron chi connectivity index (χ1n) is 4.19. The van der Waals surface area contributed by atoms with Crippen molar-refractivity contribution in [2.45, 2.75) is 6.92 Å². The summed E-state index contributed by atoms with van der Waals surface area (Å²) in [4.78, 5) is 15.5. The number of amides is 1. The topological polar surface area (TPSA) is 68.0 Å². The Morgan fingerprint density at radius 3 is 2.79 bits per heavy atom. The maximum absolute atomic E-state index is 11.3. The van der Waals surface area contributed by atoms with Gasteiger partial charge in [0.15, 0.2) is 0 Å². The molecule has 4 nitrogen and oxygen atoms in total. The van der Waals surface area contributed by atoms with Crippen LogP contribution in [0.15, 0.2) is 18.3 Å². The first kappa shape index (κ1) is 10.6. The fourth-order valence-corrected chi connectivity index (χ4v) is 1.05. The standard InChI is InChI=1S/C9H11N3OS/c1-2-11-9(13)7-4-3-6(5-12-7)8(10)14/h3-5H,2H2,1H3,(H2,10,14)(H,11,13). The second-order valence-corrected chi connectivity index (χ2v) is 3.10. The molecular weight excluding hydrogens is 198 g/mol. The molecule has 1 rings (SSSR count). The average molecular weight is 209 g/mol. The quantitative estimate of drug-likeness (QED) is 0.710. The Kier molecular flexibility index (Phi) is 3.53. The molecule has 0 radical (unpaired) electrons. The highest BCUT2D eigenvalue weighted by Gasteiger charge is 2.05. The molecule has 0 aromatic carbocycles. The number of nitrogens with one attached hydrogen (secondary N) is 1. The molecule has 1 aromatic heterocycles. The van der Waals surface area contributed by atoms with Crippen molar-refractivity contribution in [2.24, 2.45) is 5.73 Å². The number of carbonyl (C=O) groups excluding carboxylic acids is 1. The van der Waals surface area contributed by atoms with E-state index in [-0.39, 0.29) is 10.9 Å². The van der Waals surface area contributed by atoms with Gasteiger partial charge in [0.1, 0.15) is 10.7 Å². The number of hydrogen-bond donors (Lipinski definition) is 2. The Balaban J connectivity index is 2.83. The molecule has 0 aliphatic rings. The van der Waals surface area contributed by atoms with E-state index in [1.165, 1.54) is 6.20 Å². The Morgan fingerprint density at radius 1 is 1.64 bits per heavy atom. The van der Waals surface area contributed by atoms with Gasteiger partial charge in [0.05, 0.1) is 0 Å². The second kappa shape index (κ2) is 4.66. The lowest BCUT2D eigenvalue weighted by atomic mass is 10.2. The van der Waals surface area contributed by atoms with E-state index in [1.54, 1.807) is 12.1 Å². The lowest BCUT2D eigenvalue weighted by molar-refractivity contribution is 0.0951. The third-order valence-electron chi connectivity index (χ3n) is 1.62. The van der Waals surface area contributed by atoms with Crippen molar-refractivity contribution in [1.29, 1.82) is 0 Å². The summed E-state index contributed by atoms with van der Waals surface area (Å²) in [5.41, 5.74) is 6.42. The maximum Gasteiger partial charge on any atom is 0.269 e. The van der Waals surface area contributed by atoms with Gasteiger partial charge in [0, 0.05) is 18.3 Å². The minimum absolute atomic E-state index is 0.193. The van der Waals surface area contributed by atoms with Gasteiger partial charge < -0.3 is 11.1 Å². The van der Waals surface area contributed by atoms with Crippen LogP contribution in [-0.4, -0.2) is 22.4 Å². The van der Waals surface area contributed by atoms with E-state index in [0.29, 0.717) is 17.8 Å². The van der Waals surface area contributed by atoms with Gasteiger partial charge in [-0.15, -0.1) is 0 Å². The molecule has 0 fully saturated rings. The molecule has 0 aliphatic heterocycles. The highest BCUT2D eigenvalue weighted by molar-refractivity contribution is 7.80. The van der Waals surface area contributed by atoms with Gasteiger partial charge in [0.25, 0.3) is 5.91 Å². The van der Waals surface area contributed by atoms with Gasteiger partial charge in [-0.25, -0.2) is 0 Å². The zero-order valence-electron chi connectivity index (χ0n) is 7.78. The number of pyridine rings is 1. The Hall–Kier alpha value is -1.49. The summed E-state index contributed by atoms with van der Waals surface area (Å²) in [6.07, 6.45) is 1.49. The number of nitrogens with two attached hydrogens (primary N) is 1.